The molecule has 0 saturated carbocycles. The maximum absolute atomic E-state index is 13.9. The van der Waals surface area contributed by atoms with E-state index in [1.165, 1.54) is 25.5 Å². The van der Waals surface area contributed by atoms with Crippen LogP contribution in [0.25, 0.3) is 10.6 Å². The molecule has 50 heavy (non-hydrogen) atoms. The lowest BCUT2D eigenvalue weighted by Gasteiger charge is -2.35. The predicted molar refractivity (Wildman–Crippen MR) is 195 cm³/mol. The summed E-state index contributed by atoms with van der Waals surface area (Å²) in [5.74, 6) is -1.47. The molecule has 0 bridgehead atoms. The van der Waals surface area contributed by atoms with Gasteiger partial charge in [-0.15, -0.1) is 11.3 Å². The van der Waals surface area contributed by atoms with Crippen LogP contribution in [0.2, 0.25) is 0 Å². The number of thiazole rings is 1. The van der Waals surface area contributed by atoms with Crippen molar-refractivity contribution in [2.45, 2.75) is 85.0 Å². The molecule has 0 aliphatic rings. The monoisotopic (exact) mass is 708 g/mol. The third-order valence-electron chi connectivity index (χ3n) is 8.28. The zero-order valence-corrected chi connectivity index (χ0v) is 31.1. The number of amides is 4. The molecular formula is C37H52N6O6S. The van der Waals surface area contributed by atoms with Crippen molar-refractivity contribution in [3.63, 3.8) is 0 Å². The molecular weight excluding hydrogens is 657 g/mol. The number of nitrogens with zero attached hydrogens (tertiary/aromatic N) is 2. The summed E-state index contributed by atoms with van der Waals surface area (Å²) in [5.41, 5.74) is 2.44. The van der Waals surface area contributed by atoms with Crippen molar-refractivity contribution in [3.05, 3.63) is 77.3 Å². The largest absolute Gasteiger partial charge is 0.453 e. The van der Waals surface area contributed by atoms with Crippen LogP contribution in [-0.4, -0.2) is 77.3 Å². The van der Waals surface area contributed by atoms with Gasteiger partial charge in [0.25, 0.3) is 11.8 Å². The number of benzene rings is 2. The van der Waals surface area contributed by atoms with Crippen molar-refractivity contribution in [1.29, 1.82) is 0 Å². The van der Waals surface area contributed by atoms with E-state index >= 15 is 0 Å². The number of hydrogen-bond acceptors (Lipinski definition) is 9. The first-order valence-electron chi connectivity index (χ1n) is 16.6. The van der Waals surface area contributed by atoms with Crippen LogP contribution in [0.5, 0.6) is 0 Å². The Bertz CT molecular complexity index is 1550. The summed E-state index contributed by atoms with van der Waals surface area (Å²) < 4.78 is 4.77. The number of ether oxygens (including phenoxy) is 1. The van der Waals surface area contributed by atoms with Gasteiger partial charge in [0.05, 0.1) is 7.11 Å². The van der Waals surface area contributed by atoms with Crippen molar-refractivity contribution in [1.82, 2.24) is 31.4 Å². The van der Waals surface area contributed by atoms with Crippen LogP contribution < -0.4 is 21.4 Å². The fourth-order valence-electron chi connectivity index (χ4n) is 5.45. The van der Waals surface area contributed by atoms with Crippen LogP contribution in [0.15, 0.2) is 66.2 Å². The molecule has 3 rings (SSSR count). The number of hydrogen-bond donors (Lipinski definition) is 5. The smallest absolute Gasteiger partial charge is 0.407 e. The Morgan fingerprint density at radius 1 is 0.880 bits per heavy atom. The molecule has 12 nitrogen and oxygen atoms in total. The van der Waals surface area contributed by atoms with Gasteiger partial charge in [-0.05, 0) is 34.8 Å². The molecule has 0 saturated heterocycles. The molecule has 3 atom stereocenters. The Kier molecular flexibility index (Phi) is 14.1. The number of likely N-dealkylation sites (N-methyl/N-ethyl adjacent to an activating group) is 1. The molecule has 0 radical (unpaired) electrons. The highest BCUT2D eigenvalue weighted by Crippen LogP contribution is 2.26. The number of methoxy groups -OCH3 is 1. The number of aromatic nitrogens is 1. The fraction of sp³-hybridized carbons (Fsp3) is 0.486. The number of hydrazine groups is 1. The van der Waals surface area contributed by atoms with Crippen LogP contribution in [0.1, 0.15) is 65.5 Å². The van der Waals surface area contributed by atoms with E-state index in [9.17, 15) is 24.3 Å². The van der Waals surface area contributed by atoms with Crippen LogP contribution in [-0.2, 0) is 32.1 Å². The SMILES string of the molecule is CNC(=O)[C@@H](NC(=O)[C@@](O)(CCCN(Cc1ccc(-c2nccs2)cc1)NC(=O)[C@@H](NC(=O)OC)C(C)(C)C)Cc1ccccc1)C(C)(C)C. The van der Waals surface area contributed by atoms with Crippen molar-refractivity contribution in [2.24, 2.45) is 10.8 Å². The Hall–Kier alpha value is -4.33. The lowest BCUT2D eigenvalue weighted by molar-refractivity contribution is -0.145. The normalized spacial score (nSPS) is 14.2. The molecule has 0 unspecified atom stereocenters. The number of alkyl carbamates (subject to hydrolysis) is 1. The highest BCUT2D eigenvalue weighted by atomic mass is 32.1. The molecule has 0 spiro atoms. The number of aliphatic hydroxyl groups is 1. The maximum Gasteiger partial charge on any atom is 0.407 e. The molecule has 0 aliphatic heterocycles. The van der Waals surface area contributed by atoms with E-state index in [1.54, 1.807) is 11.2 Å². The van der Waals surface area contributed by atoms with E-state index in [1.807, 2.05) is 102 Å². The van der Waals surface area contributed by atoms with Gasteiger partial charge in [0.2, 0.25) is 5.91 Å². The van der Waals surface area contributed by atoms with E-state index in [4.69, 9.17) is 4.74 Å². The van der Waals surface area contributed by atoms with Gasteiger partial charge in [-0.25, -0.2) is 14.8 Å². The lowest BCUT2D eigenvalue weighted by Crippen LogP contribution is -2.59. The molecule has 4 amide bonds. The van der Waals surface area contributed by atoms with Gasteiger partial charge in [-0.1, -0.05) is 96.1 Å². The summed E-state index contributed by atoms with van der Waals surface area (Å²) in [6.45, 7) is 11.6. The Morgan fingerprint density at radius 2 is 1.50 bits per heavy atom. The van der Waals surface area contributed by atoms with Crippen LogP contribution >= 0.6 is 11.3 Å². The van der Waals surface area contributed by atoms with Crippen LogP contribution in [0.4, 0.5) is 4.79 Å². The Morgan fingerprint density at radius 3 is 2.04 bits per heavy atom. The zero-order valence-electron chi connectivity index (χ0n) is 30.3. The molecule has 272 valence electrons. The van der Waals surface area contributed by atoms with Crippen molar-refractivity contribution in [3.8, 4) is 10.6 Å². The lowest BCUT2D eigenvalue weighted by atomic mass is 9.84. The summed E-state index contributed by atoms with van der Waals surface area (Å²) in [5, 5.41) is 24.6. The number of nitrogens with one attached hydrogen (secondary N) is 4. The molecule has 3 aromatic rings. The van der Waals surface area contributed by atoms with Gasteiger partial charge < -0.3 is 25.8 Å². The first-order chi connectivity index (χ1) is 23.5. The third-order valence-corrected chi connectivity index (χ3v) is 9.10. The first-order valence-corrected chi connectivity index (χ1v) is 17.5. The van der Waals surface area contributed by atoms with E-state index < -0.39 is 46.4 Å². The maximum atomic E-state index is 13.9. The quantitative estimate of drug-likeness (QED) is 0.145. The second-order valence-corrected chi connectivity index (χ2v) is 15.4. The van der Waals surface area contributed by atoms with Gasteiger partial charge in [0, 0.05) is 43.7 Å². The minimum Gasteiger partial charge on any atom is -0.453 e. The molecule has 1 aromatic heterocycles. The second kappa shape index (κ2) is 17.6. The van der Waals surface area contributed by atoms with Crippen molar-refractivity contribution >= 4 is 35.2 Å². The fourth-order valence-corrected chi connectivity index (χ4v) is 6.09. The Labute approximate surface area is 299 Å². The van der Waals surface area contributed by atoms with Crippen LogP contribution in [0.3, 0.4) is 0 Å². The predicted octanol–water partition coefficient (Wildman–Crippen LogP) is 4.44. The van der Waals surface area contributed by atoms with E-state index in [-0.39, 0.29) is 25.3 Å². The standard InChI is InChI=1S/C37H52N6O6S/c1-35(2,3)28(30(44)38-7)40-33(46)37(48,23-25-13-10-9-11-14-25)19-12-21-43(42-31(45)29(36(4,5)6)41-34(47)49-8)24-26-15-17-27(18-16-26)32-39-20-22-50-32/h9-11,13-18,20,22,28-29,48H,12,19,21,23-24H2,1-8H3,(H,38,44)(H,40,46)(H,41,47)(H,42,45)/t28-,29-,37-/m1/s1. The number of carbonyl (C=O) groups is 4. The van der Waals surface area contributed by atoms with Crippen LogP contribution in [0, 0.1) is 10.8 Å². The van der Waals surface area contributed by atoms with Gasteiger partial charge in [-0.3, -0.25) is 19.8 Å². The highest BCUT2D eigenvalue weighted by molar-refractivity contribution is 7.13. The molecule has 13 heteroatoms. The summed E-state index contributed by atoms with van der Waals surface area (Å²) in [4.78, 5) is 56.8. The van der Waals surface area contributed by atoms with Gasteiger partial charge in [0.15, 0.2) is 0 Å². The van der Waals surface area contributed by atoms with Gasteiger partial charge in [0.1, 0.15) is 22.7 Å². The van der Waals surface area contributed by atoms with Crippen molar-refractivity contribution in [2.75, 3.05) is 20.7 Å². The average molecular weight is 709 g/mol. The van der Waals surface area contributed by atoms with E-state index in [2.05, 4.69) is 26.4 Å². The minimum atomic E-state index is -1.87. The molecule has 1 heterocycles. The minimum absolute atomic E-state index is 0.0179. The Balaban J connectivity index is 1.88. The summed E-state index contributed by atoms with van der Waals surface area (Å²) in [7, 11) is 2.74. The second-order valence-electron chi connectivity index (χ2n) is 14.6. The van der Waals surface area contributed by atoms with Gasteiger partial charge in [-0.2, -0.15) is 0 Å². The summed E-state index contributed by atoms with van der Waals surface area (Å²) in [6, 6.07) is 15.2. The number of carbonyl (C=O) groups excluding carboxylic acids is 4. The zero-order chi connectivity index (χ0) is 37.1. The van der Waals surface area contributed by atoms with E-state index in [0.29, 0.717) is 13.0 Å². The third kappa shape index (κ3) is 11.6. The first kappa shape index (κ1) is 40.1. The summed E-state index contributed by atoms with van der Waals surface area (Å²) in [6.07, 6.45) is 1.35. The molecule has 2 aromatic carbocycles. The molecule has 0 fully saturated rings. The number of rotatable bonds is 15. The molecule has 5 N–H and O–H groups in total. The topological polar surface area (TPSA) is 162 Å². The average Bonchev–Trinajstić information content (AvgIpc) is 3.60. The summed E-state index contributed by atoms with van der Waals surface area (Å²) >= 11 is 1.54. The van der Waals surface area contributed by atoms with E-state index in [0.717, 1.165) is 21.7 Å². The molecule has 0 aliphatic carbocycles. The highest BCUT2D eigenvalue weighted by Gasteiger charge is 2.41. The van der Waals surface area contributed by atoms with Gasteiger partial charge >= 0.3 is 6.09 Å². The van der Waals surface area contributed by atoms with Crippen molar-refractivity contribution < 1.29 is 29.0 Å².